The van der Waals surface area contributed by atoms with Crippen molar-refractivity contribution in [3.63, 3.8) is 0 Å². The topological polar surface area (TPSA) is 60.9 Å². The maximum atomic E-state index is 11.7. The van der Waals surface area contributed by atoms with Crippen LogP contribution >= 0.6 is 15.9 Å². The predicted molar refractivity (Wildman–Crippen MR) is 56.7 cm³/mol. The van der Waals surface area contributed by atoms with Gasteiger partial charge in [-0.15, -0.1) is 12.3 Å². The molecule has 1 heterocycles. The molecular weight excluding hydrogens is 246 g/mol. The van der Waals surface area contributed by atoms with Crippen molar-refractivity contribution in [3.8, 4) is 12.3 Å². The lowest BCUT2D eigenvalue weighted by Crippen LogP contribution is -2.31. The first-order valence-electron chi connectivity index (χ1n) is 3.98. The molecule has 0 aliphatic heterocycles. The van der Waals surface area contributed by atoms with Gasteiger partial charge in [-0.2, -0.15) is 5.10 Å². The molecule has 0 fully saturated rings. The Hall–Kier alpha value is -1.12. The molecule has 1 unspecified atom stereocenters. The van der Waals surface area contributed by atoms with Crippen LogP contribution in [0.5, 0.6) is 0 Å². The number of carbonyl (C=O) groups is 1. The SMILES string of the molecule is C#CCC(N)C(=O)c1c(Br)cnn1C. The zero-order chi connectivity index (χ0) is 10.7. The number of nitrogens with two attached hydrogens (primary N) is 1. The van der Waals surface area contributed by atoms with Crippen molar-refractivity contribution in [2.75, 3.05) is 0 Å². The van der Waals surface area contributed by atoms with Gasteiger partial charge in [0, 0.05) is 13.5 Å². The Labute approximate surface area is 90.6 Å². The predicted octanol–water partition coefficient (Wildman–Crippen LogP) is 0.716. The van der Waals surface area contributed by atoms with E-state index in [1.807, 2.05) is 0 Å². The summed E-state index contributed by atoms with van der Waals surface area (Å²) in [6.07, 6.45) is 6.86. The summed E-state index contributed by atoms with van der Waals surface area (Å²) in [6, 6.07) is -0.660. The van der Waals surface area contributed by atoms with Gasteiger partial charge in [0.15, 0.2) is 5.78 Å². The Bertz CT molecular complexity index is 372. The standard InChI is InChI=1S/C9H10BrN3O/c1-3-4-7(11)9(14)8-6(10)5-12-13(8)2/h1,5,7H,4,11H2,2H3. The molecule has 5 heteroatoms. The van der Waals surface area contributed by atoms with Crippen LogP contribution in [-0.4, -0.2) is 21.6 Å². The second-order valence-corrected chi connectivity index (χ2v) is 3.70. The van der Waals surface area contributed by atoms with Gasteiger partial charge in [-0.05, 0) is 15.9 Å². The molecule has 2 N–H and O–H groups in total. The minimum absolute atomic E-state index is 0.199. The second-order valence-electron chi connectivity index (χ2n) is 2.84. The average Bonchev–Trinajstić information content (AvgIpc) is 2.46. The minimum atomic E-state index is -0.660. The molecule has 1 atom stereocenters. The minimum Gasteiger partial charge on any atom is -0.320 e. The molecular formula is C9H10BrN3O. The fourth-order valence-corrected chi connectivity index (χ4v) is 1.63. The molecule has 0 aliphatic carbocycles. The van der Waals surface area contributed by atoms with E-state index in [1.165, 1.54) is 4.68 Å². The normalized spacial score (nSPS) is 12.1. The van der Waals surface area contributed by atoms with E-state index in [1.54, 1.807) is 13.2 Å². The Morgan fingerprint density at radius 2 is 2.57 bits per heavy atom. The van der Waals surface area contributed by atoms with Gasteiger partial charge in [-0.25, -0.2) is 0 Å². The van der Waals surface area contributed by atoms with Crippen molar-refractivity contribution >= 4 is 21.7 Å². The number of hydrogen-bond donors (Lipinski definition) is 1. The van der Waals surface area contributed by atoms with Crippen LogP contribution < -0.4 is 5.73 Å². The highest BCUT2D eigenvalue weighted by atomic mass is 79.9. The Morgan fingerprint density at radius 1 is 1.93 bits per heavy atom. The lowest BCUT2D eigenvalue weighted by molar-refractivity contribution is 0.0953. The summed E-state index contributed by atoms with van der Waals surface area (Å²) in [5, 5.41) is 3.92. The van der Waals surface area contributed by atoms with Crippen LogP contribution in [0.3, 0.4) is 0 Å². The fraction of sp³-hybridized carbons (Fsp3) is 0.333. The van der Waals surface area contributed by atoms with E-state index in [0.717, 1.165) is 0 Å². The largest absolute Gasteiger partial charge is 0.320 e. The second kappa shape index (κ2) is 4.40. The Kier molecular flexibility index (Phi) is 3.44. The summed E-state index contributed by atoms with van der Waals surface area (Å²) in [6.45, 7) is 0. The van der Waals surface area contributed by atoms with Crippen molar-refractivity contribution in [3.05, 3.63) is 16.4 Å². The molecule has 0 spiro atoms. The highest BCUT2D eigenvalue weighted by molar-refractivity contribution is 9.10. The highest BCUT2D eigenvalue weighted by Crippen LogP contribution is 2.16. The summed E-state index contributed by atoms with van der Waals surface area (Å²) >= 11 is 3.23. The highest BCUT2D eigenvalue weighted by Gasteiger charge is 2.20. The van der Waals surface area contributed by atoms with Gasteiger partial charge in [0.25, 0.3) is 0 Å². The van der Waals surface area contributed by atoms with E-state index in [2.05, 4.69) is 26.9 Å². The van der Waals surface area contributed by atoms with Crippen LogP contribution in [0.2, 0.25) is 0 Å². The van der Waals surface area contributed by atoms with Crippen LogP contribution in [0, 0.1) is 12.3 Å². The third-order valence-corrected chi connectivity index (χ3v) is 2.38. The first kappa shape index (κ1) is 11.0. The molecule has 0 saturated carbocycles. The smallest absolute Gasteiger partial charge is 0.199 e. The van der Waals surface area contributed by atoms with Crippen LogP contribution in [0.4, 0.5) is 0 Å². The average molecular weight is 256 g/mol. The summed E-state index contributed by atoms with van der Waals surface area (Å²) in [4.78, 5) is 11.7. The van der Waals surface area contributed by atoms with Crippen LogP contribution in [0.25, 0.3) is 0 Å². The number of carbonyl (C=O) groups excluding carboxylic acids is 1. The molecule has 0 aromatic carbocycles. The van der Waals surface area contributed by atoms with Crippen LogP contribution in [0.1, 0.15) is 16.9 Å². The first-order chi connectivity index (χ1) is 6.57. The van der Waals surface area contributed by atoms with Crippen molar-refractivity contribution in [2.45, 2.75) is 12.5 Å². The quantitative estimate of drug-likeness (QED) is 0.640. The zero-order valence-electron chi connectivity index (χ0n) is 7.70. The lowest BCUT2D eigenvalue weighted by Gasteiger charge is -2.07. The van der Waals surface area contributed by atoms with Crippen molar-refractivity contribution in [1.29, 1.82) is 0 Å². The number of ketones is 1. The van der Waals surface area contributed by atoms with E-state index in [-0.39, 0.29) is 12.2 Å². The molecule has 1 rings (SSSR count). The number of terminal acetylenes is 1. The first-order valence-corrected chi connectivity index (χ1v) is 4.78. The van der Waals surface area contributed by atoms with Crippen LogP contribution in [0.15, 0.2) is 10.7 Å². The van der Waals surface area contributed by atoms with Gasteiger partial charge in [0.1, 0.15) is 5.69 Å². The Morgan fingerprint density at radius 3 is 3.00 bits per heavy atom. The number of Topliss-reactive ketones (excluding diaryl/α,β-unsaturated/α-hetero) is 1. The van der Waals surface area contributed by atoms with Gasteiger partial charge >= 0.3 is 0 Å². The number of aromatic nitrogens is 2. The molecule has 0 bridgehead atoms. The van der Waals surface area contributed by atoms with Gasteiger partial charge in [0.05, 0.1) is 16.7 Å². The number of halogens is 1. The summed E-state index contributed by atoms with van der Waals surface area (Å²) in [5.41, 5.74) is 6.05. The third-order valence-electron chi connectivity index (χ3n) is 1.80. The molecule has 0 radical (unpaired) electrons. The number of nitrogens with zero attached hydrogens (tertiary/aromatic N) is 2. The maximum Gasteiger partial charge on any atom is 0.199 e. The van der Waals surface area contributed by atoms with E-state index in [9.17, 15) is 4.79 Å². The molecule has 1 aromatic heterocycles. The maximum absolute atomic E-state index is 11.7. The van der Waals surface area contributed by atoms with Gasteiger partial charge in [0.2, 0.25) is 0 Å². The number of hydrogen-bond acceptors (Lipinski definition) is 3. The van der Waals surface area contributed by atoms with Gasteiger partial charge in [-0.1, -0.05) is 0 Å². The summed E-state index contributed by atoms with van der Waals surface area (Å²) < 4.78 is 2.11. The molecule has 0 saturated heterocycles. The lowest BCUT2D eigenvalue weighted by atomic mass is 10.1. The van der Waals surface area contributed by atoms with Crippen molar-refractivity contribution < 1.29 is 4.79 Å². The fourth-order valence-electron chi connectivity index (χ4n) is 1.08. The Balaban J connectivity index is 2.95. The summed E-state index contributed by atoms with van der Waals surface area (Å²) in [5.74, 6) is 2.16. The number of rotatable bonds is 3. The van der Waals surface area contributed by atoms with E-state index >= 15 is 0 Å². The molecule has 1 aromatic rings. The van der Waals surface area contributed by atoms with Crippen LogP contribution in [-0.2, 0) is 7.05 Å². The van der Waals surface area contributed by atoms with E-state index in [4.69, 9.17) is 12.2 Å². The van der Waals surface area contributed by atoms with E-state index in [0.29, 0.717) is 10.2 Å². The summed E-state index contributed by atoms with van der Waals surface area (Å²) in [7, 11) is 1.68. The van der Waals surface area contributed by atoms with Crippen molar-refractivity contribution in [2.24, 2.45) is 12.8 Å². The number of aryl methyl sites for hydroxylation is 1. The van der Waals surface area contributed by atoms with Gasteiger partial charge in [-0.3, -0.25) is 9.48 Å². The zero-order valence-corrected chi connectivity index (χ0v) is 9.28. The van der Waals surface area contributed by atoms with Crippen molar-refractivity contribution in [1.82, 2.24) is 9.78 Å². The third kappa shape index (κ3) is 2.03. The molecule has 14 heavy (non-hydrogen) atoms. The molecule has 74 valence electrons. The van der Waals surface area contributed by atoms with E-state index < -0.39 is 6.04 Å². The van der Waals surface area contributed by atoms with Gasteiger partial charge < -0.3 is 5.73 Å². The molecule has 0 amide bonds. The monoisotopic (exact) mass is 255 g/mol. The molecule has 4 nitrogen and oxygen atoms in total. The molecule has 0 aliphatic rings.